The first-order valence-corrected chi connectivity index (χ1v) is 12.4. The average molecular weight is 461 g/mol. The van der Waals surface area contributed by atoms with Gasteiger partial charge in [-0.25, -0.2) is 18.1 Å². The number of piperidine rings is 1. The van der Waals surface area contributed by atoms with Crippen LogP contribution in [-0.4, -0.2) is 47.9 Å². The smallest absolute Gasteiger partial charge is 0.253 e. The van der Waals surface area contributed by atoms with Crippen molar-refractivity contribution in [1.82, 2.24) is 19.2 Å². The van der Waals surface area contributed by atoms with Gasteiger partial charge in [0, 0.05) is 30.4 Å². The zero-order chi connectivity index (χ0) is 22.8. The zero-order valence-electron chi connectivity index (χ0n) is 18.0. The van der Waals surface area contributed by atoms with Crippen molar-refractivity contribution in [2.45, 2.75) is 23.8 Å². The van der Waals surface area contributed by atoms with Crippen molar-refractivity contribution >= 4 is 27.0 Å². The van der Waals surface area contributed by atoms with E-state index in [1.807, 2.05) is 53.1 Å². The number of para-hydroxylation sites is 2. The number of aromatic nitrogens is 2. The van der Waals surface area contributed by atoms with Gasteiger partial charge >= 0.3 is 0 Å². The van der Waals surface area contributed by atoms with E-state index in [4.69, 9.17) is 0 Å². The molecule has 33 heavy (non-hydrogen) atoms. The molecule has 1 saturated heterocycles. The van der Waals surface area contributed by atoms with E-state index < -0.39 is 10.0 Å². The third kappa shape index (κ3) is 4.40. The summed E-state index contributed by atoms with van der Waals surface area (Å²) in [5.74, 6) is -0.0404. The Morgan fingerprint density at radius 2 is 1.55 bits per heavy atom. The van der Waals surface area contributed by atoms with Gasteiger partial charge in [-0.05, 0) is 61.4 Å². The fourth-order valence-electron chi connectivity index (χ4n) is 4.20. The molecule has 0 aliphatic carbocycles. The van der Waals surface area contributed by atoms with Crippen LogP contribution in [0.25, 0.3) is 16.7 Å². The van der Waals surface area contributed by atoms with Crippen molar-refractivity contribution in [3.63, 3.8) is 0 Å². The van der Waals surface area contributed by atoms with Crippen LogP contribution in [0.5, 0.6) is 0 Å². The second-order valence-corrected chi connectivity index (χ2v) is 9.86. The van der Waals surface area contributed by atoms with Crippen LogP contribution < -0.4 is 4.72 Å². The summed E-state index contributed by atoms with van der Waals surface area (Å²) < 4.78 is 29.9. The minimum absolute atomic E-state index is 0.0404. The fraction of sp³-hybridized carbons (Fsp3) is 0.200. The Morgan fingerprint density at radius 3 is 2.27 bits per heavy atom. The molecule has 1 aliphatic rings. The SMILES string of the molecule is O=C(c1ccc(-n2cnc3ccccc32)cc1)N1CCC(NS(=O)(=O)c2ccccc2)CC1. The topological polar surface area (TPSA) is 84.3 Å². The molecule has 0 unspecified atom stereocenters. The first kappa shape index (κ1) is 21.4. The number of nitrogens with one attached hydrogen (secondary N) is 1. The largest absolute Gasteiger partial charge is 0.339 e. The second kappa shape index (κ2) is 8.80. The summed E-state index contributed by atoms with van der Waals surface area (Å²) in [4.78, 5) is 19.5. The third-order valence-corrected chi connectivity index (χ3v) is 7.54. The van der Waals surface area contributed by atoms with Gasteiger partial charge in [0.15, 0.2) is 0 Å². The molecule has 5 rings (SSSR count). The molecule has 8 heteroatoms. The number of sulfonamides is 1. The third-order valence-electron chi connectivity index (χ3n) is 6.00. The van der Waals surface area contributed by atoms with Crippen LogP contribution in [0.15, 0.2) is 90.1 Å². The van der Waals surface area contributed by atoms with Crippen LogP contribution in [0.1, 0.15) is 23.2 Å². The van der Waals surface area contributed by atoms with Crippen LogP contribution in [0.2, 0.25) is 0 Å². The van der Waals surface area contributed by atoms with Gasteiger partial charge in [0.05, 0.1) is 15.9 Å². The van der Waals surface area contributed by atoms with E-state index in [2.05, 4.69) is 9.71 Å². The van der Waals surface area contributed by atoms with E-state index in [9.17, 15) is 13.2 Å². The summed E-state index contributed by atoms with van der Waals surface area (Å²) >= 11 is 0. The molecule has 0 atom stereocenters. The monoisotopic (exact) mass is 460 g/mol. The lowest BCUT2D eigenvalue weighted by molar-refractivity contribution is 0.0711. The minimum Gasteiger partial charge on any atom is -0.339 e. The van der Waals surface area contributed by atoms with Crippen LogP contribution in [-0.2, 0) is 10.0 Å². The summed E-state index contributed by atoms with van der Waals surface area (Å²) in [5.41, 5.74) is 3.49. The number of carbonyl (C=O) groups is 1. The number of hydrogen-bond acceptors (Lipinski definition) is 4. The number of nitrogens with zero attached hydrogens (tertiary/aromatic N) is 3. The van der Waals surface area contributed by atoms with E-state index in [-0.39, 0.29) is 16.8 Å². The van der Waals surface area contributed by atoms with Crippen molar-refractivity contribution in [2.75, 3.05) is 13.1 Å². The normalized spacial score (nSPS) is 15.1. The predicted molar refractivity (Wildman–Crippen MR) is 127 cm³/mol. The molecule has 4 aromatic rings. The maximum Gasteiger partial charge on any atom is 0.253 e. The summed E-state index contributed by atoms with van der Waals surface area (Å²) in [7, 11) is -3.55. The molecule has 7 nitrogen and oxygen atoms in total. The van der Waals surface area contributed by atoms with Crippen molar-refractivity contribution in [3.05, 3.63) is 90.8 Å². The highest BCUT2D eigenvalue weighted by Gasteiger charge is 2.27. The standard InChI is InChI=1S/C25H24N4O3S/c30-25(19-10-12-21(13-11-19)29-18-26-23-8-4-5-9-24(23)29)28-16-14-20(15-17-28)27-33(31,32)22-6-2-1-3-7-22/h1-13,18,20,27H,14-17H2. The van der Waals surface area contributed by atoms with Gasteiger partial charge in [0.25, 0.3) is 5.91 Å². The summed E-state index contributed by atoms with van der Waals surface area (Å²) in [6.07, 6.45) is 2.94. The lowest BCUT2D eigenvalue weighted by Crippen LogP contribution is -2.46. The Morgan fingerprint density at radius 1 is 0.879 bits per heavy atom. The van der Waals surface area contributed by atoms with E-state index in [1.54, 1.807) is 41.6 Å². The summed E-state index contributed by atoms with van der Waals surface area (Å²) in [6.45, 7) is 1.02. The van der Waals surface area contributed by atoms with E-state index in [1.165, 1.54) is 0 Å². The number of rotatable bonds is 5. The van der Waals surface area contributed by atoms with Gasteiger partial charge in [0.1, 0.15) is 6.33 Å². The molecule has 0 saturated carbocycles. The number of benzene rings is 3. The minimum atomic E-state index is -3.55. The van der Waals surface area contributed by atoms with Gasteiger partial charge in [-0.3, -0.25) is 9.36 Å². The molecule has 1 aliphatic heterocycles. The quantitative estimate of drug-likeness (QED) is 0.493. The summed E-state index contributed by atoms with van der Waals surface area (Å²) in [5, 5.41) is 0. The lowest BCUT2D eigenvalue weighted by atomic mass is 10.0. The van der Waals surface area contributed by atoms with Crippen molar-refractivity contribution in [1.29, 1.82) is 0 Å². The number of hydrogen-bond donors (Lipinski definition) is 1. The molecular formula is C25H24N4O3S. The van der Waals surface area contributed by atoms with Gasteiger partial charge in [-0.2, -0.15) is 0 Å². The molecule has 1 N–H and O–H groups in total. The maximum atomic E-state index is 13.0. The second-order valence-electron chi connectivity index (χ2n) is 8.15. The molecule has 0 spiro atoms. The highest BCUT2D eigenvalue weighted by atomic mass is 32.2. The highest BCUT2D eigenvalue weighted by Crippen LogP contribution is 2.20. The highest BCUT2D eigenvalue weighted by molar-refractivity contribution is 7.89. The van der Waals surface area contributed by atoms with E-state index in [0.717, 1.165) is 16.7 Å². The zero-order valence-corrected chi connectivity index (χ0v) is 18.8. The molecule has 3 aromatic carbocycles. The molecule has 168 valence electrons. The number of fused-ring (bicyclic) bond motifs is 1. The Kier molecular flexibility index (Phi) is 5.70. The number of carbonyl (C=O) groups excluding carboxylic acids is 1. The Bertz CT molecular complexity index is 1370. The molecule has 2 heterocycles. The van der Waals surface area contributed by atoms with Crippen molar-refractivity contribution in [2.24, 2.45) is 0 Å². The number of likely N-dealkylation sites (tertiary alicyclic amines) is 1. The van der Waals surface area contributed by atoms with Crippen LogP contribution in [0.4, 0.5) is 0 Å². The average Bonchev–Trinajstić information content (AvgIpc) is 3.29. The van der Waals surface area contributed by atoms with Gasteiger partial charge < -0.3 is 4.90 Å². The van der Waals surface area contributed by atoms with E-state index in [0.29, 0.717) is 31.5 Å². The predicted octanol–water partition coefficient (Wildman–Crippen LogP) is 3.61. The molecular weight excluding hydrogens is 436 g/mol. The van der Waals surface area contributed by atoms with Crippen molar-refractivity contribution < 1.29 is 13.2 Å². The lowest BCUT2D eigenvalue weighted by Gasteiger charge is -2.32. The Hall–Kier alpha value is -3.49. The maximum absolute atomic E-state index is 13.0. The van der Waals surface area contributed by atoms with E-state index >= 15 is 0 Å². The molecule has 1 amide bonds. The van der Waals surface area contributed by atoms with Crippen LogP contribution in [0.3, 0.4) is 0 Å². The Labute approximate surface area is 192 Å². The molecule has 0 bridgehead atoms. The van der Waals surface area contributed by atoms with Crippen molar-refractivity contribution in [3.8, 4) is 5.69 Å². The first-order chi connectivity index (χ1) is 16.0. The molecule has 1 fully saturated rings. The van der Waals surface area contributed by atoms with Crippen LogP contribution >= 0.6 is 0 Å². The van der Waals surface area contributed by atoms with Gasteiger partial charge in [0.2, 0.25) is 10.0 Å². The summed E-state index contributed by atoms with van der Waals surface area (Å²) in [6, 6.07) is 23.6. The van der Waals surface area contributed by atoms with Gasteiger partial charge in [-0.15, -0.1) is 0 Å². The molecule has 1 aromatic heterocycles. The fourth-order valence-corrected chi connectivity index (χ4v) is 5.53. The van der Waals surface area contributed by atoms with Crippen LogP contribution in [0, 0.1) is 0 Å². The number of amides is 1. The molecule has 0 radical (unpaired) electrons. The first-order valence-electron chi connectivity index (χ1n) is 10.9. The van der Waals surface area contributed by atoms with Gasteiger partial charge in [-0.1, -0.05) is 30.3 Å². The number of imidazole rings is 1. The Balaban J connectivity index is 1.22.